The SMILES string of the molecule is CC(C)n1ncc(Cl)c1C(N)C1CSCCO1. The van der Waals surface area contributed by atoms with Crippen molar-refractivity contribution in [3.63, 3.8) is 0 Å². The molecule has 2 N–H and O–H groups in total. The zero-order valence-corrected chi connectivity index (χ0v) is 11.7. The van der Waals surface area contributed by atoms with Gasteiger partial charge in [0.2, 0.25) is 0 Å². The van der Waals surface area contributed by atoms with Crippen LogP contribution in [0.25, 0.3) is 0 Å². The van der Waals surface area contributed by atoms with Crippen molar-refractivity contribution >= 4 is 23.4 Å². The highest BCUT2D eigenvalue weighted by molar-refractivity contribution is 7.99. The predicted octanol–water partition coefficient (Wildman–Crippen LogP) is 2.25. The summed E-state index contributed by atoms with van der Waals surface area (Å²) in [6.45, 7) is 4.89. The molecule has 0 aliphatic carbocycles. The third-order valence-corrected chi connectivity index (χ3v) is 4.14. The van der Waals surface area contributed by atoms with E-state index in [2.05, 4.69) is 18.9 Å². The monoisotopic (exact) mass is 275 g/mol. The van der Waals surface area contributed by atoms with E-state index in [1.54, 1.807) is 6.20 Å². The summed E-state index contributed by atoms with van der Waals surface area (Å²) in [6, 6.07) is 0.0417. The first kappa shape index (κ1) is 13.2. The first-order chi connectivity index (χ1) is 8.11. The van der Waals surface area contributed by atoms with E-state index < -0.39 is 0 Å². The van der Waals surface area contributed by atoms with Crippen LogP contribution in [-0.4, -0.2) is 34.0 Å². The number of nitrogens with two attached hydrogens (primary N) is 1. The zero-order valence-electron chi connectivity index (χ0n) is 10.1. The molecule has 96 valence electrons. The average molecular weight is 276 g/mol. The number of aromatic nitrogens is 2. The predicted molar refractivity (Wildman–Crippen MR) is 71.6 cm³/mol. The van der Waals surface area contributed by atoms with E-state index in [0.29, 0.717) is 5.02 Å². The minimum atomic E-state index is -0.208. The van der Waals surface area contributed by atoms with E-state index in [1.165, 1.54) is 0 Å². The van der Waals surface area contributed by atoms with Gasteiger partial charge in [-0.3, -0.25) is 4.68 Å². The molecule has 0 aromatic carbocycles. The Balaban J connectivity index is 2.22. The van der Waals surface area contributed by atoms with Crippen molar-refractivity contribution in [3.8, 4) is 0 Å². The van der Waals surface area contributed by atoms with Crippen molar-refractivity contribution < 1.29 is 4.74 Å². The van der Waals surface area contributed by atoms with Crippen molar-refractivity contribution in [2.45, 2.75) is 32.0 Å². The largest absolute Gasteiger partial charge is 0.374 e. The van der Waals surface area contributed by atoms with Gasteiger partial charge in [-0.25, -0.2) is 0 Å². The lowest BCUT2D eigenvalue weighted by atomic mass is 10.1. The van der Waals surface area contributed by atoms with Crippen molar-refractivity contribution in [1.29, 1.82) is 0 Å². The van der Waals surface area contributed by atoms with Gasteiger partial charge in [-0.15, -0.1) is 0 Å². The number of hydrogen-bond donors (Lipinski definition) is 1. The van der Waals surface area contributed by atoms with Crippen LogP contribution in [0, 0.1) is 0 Å². The van der Waals surface area contributed by atoms with Crippen molar-refractivity contribution in [1.82, 2.24) is 9.78 Å². The highest BCUT2D eigenvalue weighted by atomic mass is 35.5. The van der Waals surface area contributed by atoms with Gasteiger partial charge in [-0.1, -0.05) is 11.6 Å². The number of thioether (sulfide) groups is 1. The lowest BCUT2D eigenvalue weighted by Crippen LogP contribution is -2.36. The topological polar surface area (TPSA) is 53.1 Å². The van der Waals surface area contributed by atoms with Crippen LogP contribution in [0.5, 0.6) is 0 Å². The fourth-order valence-corrected chi connectivity index (χ4v) is 3.14. The average Bonchev–Trinajstić information content (AvgIpc) is 2.71. The molecule has 2 heterocycles. The molecule has 2 rings (SSSR count). The van der Waals surface area contributed by atoms with Crippen molar-refractivity contribution in [2.75, 3.05) is 18.1 Å². The molecule has 6 heteroatoms. The Hall–Kier alpha value is -0.230. The molecular weight excluding hydrogens is 258 g/mol. The molecule has 1 aliphatic heterocycles. The van der Waals surface area contributed by atoms with Crippen LogP contribution in [0.15, 0.2) is 6.20 Å². The van der Waals surface area contributed by atoms with E-state index in [9.17, 15) is 0 Å². The fourth-order valence-electron chi connectivity index (χ4n) is 1.96. The molecule has 2 atom stereocenters. The van der Waals surface area contributed by atoms with Gasteiger partial charge < -0.3 is 10.5 Å². The molecule has 1 aliphatic rings. The van der Waals surface area contributed by atoms with E-state index in [-0.39, 0.29) is 18.2 Å². The minimum Gasteiger partial charge on any atom is -0.374 e. The molecule has 1 aromatic heterocycles. The third kappa shape index (κ3) is 2.78. The summed E-state index contributed by atoms with van der Waals surface area (Å²) in [5.74, 6) is 1.96. The number of halogens is 1. The molecule has 1 saturated heterocycles. The van der Waals surface area contributed by atoms with Gasteiger partial charge in [0.05, 0.1) is 35.7 Å². The molecule has 2 unspecified atom stereocenters. The summed E-state index contributed by atoms with van der Waals surface area (Å²) in [7, 11) is 0. The van der Waals surface area contributed by atoms with Crippen LogP contribution in [0.4, 0.5) is 0 Å². The molecule has 17 heavy (non-hydrogen) atoms. The maximum absolute atomic E-state index is 6.27. The summed E-state index contributed by atoms with van der Waals surface area (Å²) in [5, 5.41) is 4.90. The molecule has 1 aromatic rings. The summed E-state index contributed by atoms with van der Waals surface area (Å²) in [6.07, 6.45) is 1.69. The van der Waals surface area contributed by atoms with Crippen LogP contribution in [0.3, 0.4) is 0 Å². The van der Waals surface area contributed by atoms with Gasteiger partial charge in [-0.2, -0.15) is 16.9 Å². The van der Waals surface area contributed by atoms with Crippen LogP contribution in [0.1, 0.15) is 31.6 Å². The quantitative estimate of drug-likeness (QED) is 0.919. The van der Waals surface area contributed by atoms with Crippen molar-refractivity contribution in [3.05, 3.63) is 16.9 Å². The second-order valence-corrected chi connectivity index (χ2v) is 5.98. The van der Waals surface area contributed by atoms with E-state index in [1.807, 2.05) is 16.4 Å². The Bertz CT molecular complexity index is 377. The summed E-state index contributed by atoms with van der Waals surface area (Å²) < 4.78 is 7.59. The van der Waals surface area contributed by atoms with Crippen LogP contribution < -0.4 is 5.73 Å². The standard InChI is InChI=1S/C11H18ClN3OS/c1-7(2)15-11(8(12)5-14-15)10(13)9-6-17-4-3-16-9/h5,7,9-10H,3-4,6,13H2,1-2H3. The molecule has 0 radical (unpaired) electrons. The Labute approximate surface area is 111 Å². The highest BCUT2D eigenvalue weighted by Gasteiger charge is 2.28. The Kier molecular flexibility index (Phi) is 4.36. The first-order valence-electron chi connectivity index (χ1n) is 5.79. The normalized spacial score (nSPS) is 23.0. The summed E-state index contributed by atoms with van der Waals surface area (Å²) in [5.41, 5.74) is 7.15. The molecule has 0 saturated carbocycles. The zero-order chi connectivity index (χ0) is 12.4. The molecule has 0 amide bonds. The third-order valence-electron chi connectivity index (χ3n) is 2.83. The van der Waals surface area contributed by atoms with Gasteiger partial charge in [-0.05, 0) is 13.8 Å². The van der Waals surface area contributed by atoms with Crippen LogP contribution >= 0.6 is 23.4 Å². The Morgan fingerprint density at radius 3 is 3.00 bits per heavy atom. The maximum Gasteiger partial charge on any atom is 0.0873 e. The van der Waals surface area contributed by atoms with E-state index >= 15 is 0 Å². The second kappa shape index (κ2) is 5.61. The van der Waals surface area contributed by atoms with Gasteiger partial charge in [0, 0.05) is 17.5 Å². The number of ether oxygens (including phenoxy) is 1. The summed E-state index contributed by atoms with van der Waals surface area (Å²) >= 11 is 8.05. The lowest BCUT2D eigenvalue weighted by Gasteiger charge is -2.28. The maximum atomic E-state index is 6.27. The summed E-state index contributed by atoms with van der Waals surface area (Å²) in [4.78, 5) is 0. The first-order valence-corrected chi connectivity index (χ1v) is 7.32. The van der Waals surface area contributed by atoms with Gasteiger partial charge in [0.25, 0.3) is 0 Å². The second-order valence-electron chi connectivity index (χ2n) is 4.43. The molecule has 1 fully saturated rings. The van der Waals surface area contributed by atoms with Crippen molar-refractivity contribution in [2.24, 2.45) is 5.73 Å². The van der Waals surface area contributed by atoms with E-state index in [0.717, 1.165) is 23.8 Å². The molecule has 0 bridgehead atoms. The number of rotatable bonds is 3. The Morgan fingerprint density at radius 2 is 2.41 bits per heavy atom. The molecule has 0 spiro atoms. The van der Waals surface area contributed by atoms with Crippen LogP contribution in [-0.2, 0) is 4.74 Å². The van der Waals surface area contributed by atoms with Gasteiger partial charge >= 0.3 is 0 Å². The highest BCUT2D eigenvalue weighted by Crippen LogP contribution is 2.29. The Morgan fingerprint density at radius 1 is 1.65 bits per heavy atom. The lowest BCUT2D eigenvalue weighted by molar-refractivity contribution is 0.0546. The van der Waals surface area contributed by atoms with Gasteiger partial charge in [0.15, 0.2) is 0 Å². The minimum absolute atomic E-state index is 0.0282. The fraction of sp³-hybridized carbons (Fsp3) is 0.727. The molecular formula is C11H18ClN3OS. The molecule has 4 nitrogen and oxygen atoms in total. The van der Waals surface area contributed by atoms with E-state index in [4.69, 9.17) is 22.1 Å². The van der Waals surface area contributed by atoms with Crippen LogP contribution in [0.2, 0.25) is 5.02 Å². The number of hydrogen-bond acceptors (Lipinski definition) is 4. The van der Waals surface area contributed by atoms with Gasteiger partial charge in [0.1, 0.15) is 0 Å². The number of nitrogens with zero attached hydrogens (tertiary/aromatic N) is 2. The smallest absolute Gasteiger partial charge is 0.0873 e.